The zero-order valence-electron chi connectivity index (χ0n) is 14.3. The summed E-state index contributed by atoms with van der Waals surface area (Å²) in [7, 11) is 0.579. The molecule has 0 spiro atoms. The predicted molar refractivity (Wildman–Crippen MR) is 97.5 cm³/mol. The number of likely N-dealkylation sites (tertiary alicyclic amines) is 1. The summed E-state index contributed by atoms with van der Waals surface area (Å²) in [5.74, 6) is 1.46. The summed E-state index contributed by atoms with van der Waals surface area (Å²) in [5, 5.41) is 0. The van der Waals surface area contributed by atoms with Gasteiger partial charge >= 0.3 is 0 Å². The first-order chi connectivity index (χ1) is 10.2. The Kier molecular flexibility index (Phi) is 5.07. The molecule has 2 rings (SSSR count). The number of amides is 1. The summed E-state index contributed by atoms with van der Waals surface area (Å²) in [5.41, 5.74) is 1.30. The van der Waals surface area contributed by atoms with Crippen LogP contribution in [0.5, 0.6) is 5.75 Å². The third-order valence-electron chi connectivity index (χ3n) is 4.50. The zero-order chi connectivity index (χ0) is 16.7. The molecular weight excluding hydrogens is 358 g/mol. The SMILES string of the molecule is COc1ccc(C2CN(C(C)(C)C)C(=O)C2[SiH](C)C)cc1Br. The maximum atomic E-state index is 12.9. The fourth-order valence-electron chi connectivity index (χ4n) is 3.33. The van der Waals surface area contributed by atoms with E-state index in [1.807, 2.05) is 6.07 Å². The lowest BCUT2D eigenvalue weighted by atomic mass is 9.97. The van der Waals surface area contributed by atoms with E-state index < -0.39 is 8.80 Å². The molecule has 0 N–H and O–H groups in total. The van der Waals surface area contributed by atoms with Gasteiger partial charge in [0.05, 0.1) is 11.6 Å². The van der Waals surface area contributed by atoms with Gasteiger partial charge in [0.2, 0.25) is 5.91 Å². The molecule has 22 heavy (non-hydrogen) atoms. The molecule has 1 fully saturated rings. The minimum absolute atomic E-state index is 0.114. The average Bonchev–Trinajstić information content (AvgIpc) is 2.76. The minimum atomic E-state index is -1.09. The number of nitrogens with zero attached hydrogens (tertiary/aromatic N) is 1. The van der Waals surface area contributed by atoms with E-state index in [9.17, 15) is 4.79 Å². The second-order valence-corrected chi connectivity index (χ2v) is 11.5. The van der Waals surface area contributed by atoms with Crippen LogP contribution in [0, 0.1) is 0 Å². The predicted octanol–water partition coefficient (Wildman–Crippen LogP) is 4.04. The number of carbonyl (C=O) groups excluding carboxylic acids is 1. The minimum Gasteiger partial charge on any atom is -0.496 e. The lowest BCUT2D eigenvalue weighted by molar-refractivity contribution is -0.131. The van der Waals surface area contributed by atoms with Crippen LogP contribution < -0.4 is 4.74 Å². The van der Waals surface area contributed by atoms with Crippen molar-refractivity contribution in [3.8, 4) is 5.75 Å². The summed E-state index contributed by atoms with van der Waals surface area (Å²) in [6.07, 6.45) is 0. The Labute approximate surface area is 143 Å². The Bertz CT molecular complexity index is 568. The number of carbonyl (C=O) groups is 1. The van der Waals surface area contributed by atoms with Crippen LogP contribution >= 0.6 is 15.9 Å². The molecular formula is C17H26BrNO2Si. The smallest absolute Gasteiger partial charge is 0.223 e. The Balaban J connectivity index is 2.40. The van der Waals surface area contributed by atoms with Gasteiger partial charge in [-0.25, -0.2) is 0 Å². The van der Waals surface area contributed by atoms with Gasteiger partial charge in [-0.2, -0.15) is 0 Å². The van der Waals surface area contributed by atoms with Gasteiger partial charge < -0.3 is 9.64 Å². The molecule has 1 aromatic rings. The molecule has 1 saturated heterocycles. The normalized spacial score (nSPS) is 22.5. The number of benzene rings is 1. The molecule has 3 nitrogen and oxygen atoms in total. The van der Waals surface area contributed by atoms with Crippen molar-refractivity contribution >= 4 is 30.6 Å². The first-order valence-electron chi connectivity index (χ1n) is 7.81. The molecule has 0 bridgehead atoms. The van der Waals surface area contributed by atoms with E-state index in [0.29, 0.717) is 11.8 Å². The number of ether oxygens (including phenoxy) is 1. The molecule has 2 unspecified atom stereocenters. The fourth-order valence-corrected chi connectivity index (χ4v) is 5.91. The second-order valence-electron chi connectivity index (χ2n) is 7.39. The molecule has 1 aromatic carbocycles. The quantitative estimate of drug-likeness (QED) is 0.737. The van der Waals surface area contributed by atoms with Crippen LogP contribution in [0.25, 0.3) is 0 Å². The molecule has 5 heteroatoms. The van der Waals surface area contributed by atoms with Crippen LogP contribution in [0.15, 0.2) is 22.7 Å². The Morgan fingerprint density at radius 2 is 1.95 bits per heavy atom. The van der Waals surface area contributed by atoms with Gasteiger partial charge in [-0.1, -0.05) is 19.2 Å². The van der Waals surface area contributed by atoms with E-state index in [0.717, 1.165) is 16.8 Å². The molecule has 1 heterocycles. The van der Waals surface area contributed by atoms with Crippen molar-refractivity contribution in [2.75, 3.05) is 13.7 Å². The molecule has 1 aliphatic heterocycles. The number of hydrogen-bond donors (Lipinski definition) is 0. The lowest BCUT2D eigenvalue weighted by Crippen LogP contribution is -2.43. The van der Waals surface area contributed by atoms with E-state index in [2.05, 4.69) is 66.8 Å². The number of rotatable bonds is 3. The number of halogens is 1. The van der Waals surface area contributed by atoms with E-state index in [1.165, 1.54) is 5.56 Å². The largest absolute Gasteiger partial charge is 0.496 e. The van der Waals surface area contributed by atoms with Crippen molar-refractivity contribution in [2.45, 2.75) is 50.9 Å². The third kappa shape index (κ3) is 3.25. The van der Waals surface area contributed by atoms with E-state index in [4.69, 9.17) is 4.74 Å². The molecule has 122 valence electrons. The Morgan fingerprint density at radius 3 is 2.41 bits per heavy atom. The third-order valence-corrected chi connectivity index (χ3v) is 7.30. The fraction of sp³-hybridized carbons (Fsp3) is 0.588. The first kappa shape index (κ1) is 17.5. The van der Waals surface area contributed by atoms with Crippen molar-refractivity contribution in [2.24, 2.45) is 0 Å². The average molecular weight is 384 g/mol. The topological polar surface area (TPSA) is 29.5 Å². The lowest BCUT2D eigenvalue weighted by Gasteiger charge is -2.32. The molecule has 0 aromatic heterocycles. The van der Waals surface area contributed by atoms with Crippen molar-refractivity contribution in [3.05, 3.63) is 28.2 Å². The highest BCUT2D eigenvalue weighted by atomic mass is 79.9. The zero-order valence-corrected chi connectivity index (χ0v) is 17.1. The molecule has 2 atom stereocenters. The van der Waals surface area contributed by atoms with Gasteiger partial charge in [0.25, 0.3) is 0 Å². The van der Waals surface area contributed by atoms with E-state index in [-0.39, 0.29) is 11.1 Å². The first-order valence-corrected chi connectivity index (χ1v) is 11.6. The van der Waals surface area contributed by atoms with Crippen LogP contribution in [0.4, 0.5) is 0 Å². The molecule has 0 aliphatic carbocycles. The second kappa shape index (κ2) is 6.36. The maximum Gasteiger partial charge on any atom is 0.223 e. The molecule has 0 saturated carbocycles. The van der Waals surface area contributed by atoms with Crippen LogP contribution in [-0.2, 0) is 4.79 Å². The highest BCUT2D eigenvalue weighted by Gasteiger charge is 2.46. The standard InChI is InChI=1S/C17H26BrNO2Si/c1-17(2,3)19-10-12(15(16(19)20)22(5)6)11-7-8-14(21-4)13(18)9-11/h7-9,12,15,22H,10H2,1-6H3. The highest BCUT2D eigenvalue weighted by Crippen LogP contribution is 2.44. The van der Waals surface area contributed by atoms with Gasteiger partial charge in [-0.15, -0.1) is 0 Å². The van der Waals surface area contributed by atoms with Crippen molar-refractivity contribution in [1.29, 1.82) is 0 Å². The molecule has 1 aliphatic rings. The van der Waals surface area contributed by atoms with Gasteiger partial charge in [-0.05, 0) is 54.4 Å². The summed E-state index contributed by atoms with van der Waals surface area (Å²) < 4.78 is 6.27. The summed E-state index contributed by atoms with van der Waals surface area (Å²) in [6, 6.07) is 6.22. The summed E-state index contributed by atoms with van der Waals surface area (Å²) in [6.45, 7) is 11.7. The number of methoxy groups -OCH3 is 1. The van der Waals surface area contributed by atoms with Crippen LogP contribution in [-0.4, -0.2) is 38.8 Å². The summed E-state index contributed by atoms with van der Waals surface area (Å²) >= 11 is 3.57. The highest BCUT2D eigenvalue weighted by molar-refractivity contribution is 9.10. The van der Waals surface area contributed by atoms with Crippen LogP contribution in [0.3, 0.4) is 0 Å². The van der Waals surface area contributed by atoms with Gasteiger partial charge in [0.15, 0.2) is 0 Å². The van der Waals surface area contributed by atoms with Crippen LogP contribution in [0.1, 0.15) is 32.3 Å². The van der Waals surface area contributed by atoms with Crippen LogP contribution in [0.2, 0.25) is 18.6 Å². The molecule has 1 amide bonds. The number of hydrogen-bond acceptors (Lipinski definition) is 2. The van der Waals surface area contributed by atoms with E-state index >= 15 is 0 Å². The van der Waals surface area contributed by atoms with Crippen molar-refractivity contribution in [3.63, 3.8) is 0 Å². The monoisotopic (exact) mass is 383 g/mol. The van der Waals surface area contributed by atoms with Gasteiger partial charge in [0, 0.05) is 32.3 Å². The van der Waals surface area contributed by atoms with Gasteiger partial charge in [0.1, 0.15) is 5.75 Å². The van der Waals surface area contributed by atoms with Crippen molar-refractivity contribution < 1.29 is 9.53 Å². The van der Waals surface area contributed by atoms with Crippen molar-refractivity contribution in [1.82, 2.24) is 4.90 Å². The Hall–Kier alpha value is -0.813. The summed E-state index contributed by atoms with van der Waals surface area (Å²) in [4.78, 5) is 15.0. The molecule has 0 radical (unpaired) electrons. The van der Waals surface area contributed by atoms with E-state index in [1.54, 1.807) is 7.11 Å². The Morgan fingerprint density at radius 1 is 1.32 bits per heavy atom. The maximum absolute atomic E-state index is 12.9. The van der Waals surface area contributed by atoms with Gasteiger partial charge in [-0.3, -0.25) is 4.79 Å².